The number of rotatable bonds is 3. The summed E-state index contributed by atoms with van der Waals surface area (Å²) >= 11 is 0. The second-order valence-electron chi connectivity index (χ2n) is 6.35. The van der Waals surface area contributed by atoms with Gasteiger partial charge in [-0.25, -0.2) is 4.98 Å². The number of piperidine rings is 2. The first kappa shape index (κ1) is 14.3. The molecule has 114 valence electrons. The average molecular weight is 290 g/mol. The van der Waals surface area contributed by atoms with Crippen LogP contribution in [0.3, 0.4) is 0 Å². The molecule has 0 saturated carbocycles. The van der Waals surface area contributed by atoms with E-state index < -0.39 is 0 Å². The zero-order chi connectivity index (χ0) is 15.0. The lowest BCUT2D eigenvalue weighted by atomic mass is 9.82. The van der Waals surface area contributed by atoms with Gasteiger partial charge in [-0.1, -0.05) is 6.42 Å². The minimum absolute atomic E-state index is 0.0825. The van der Waals surface area contributed by atoms with E-state index in [0.717, 1.165) is 18.4 Å². The highest BCUT2D eigenvalue weighted by Crippen LogP contribution is 2.34. The normalized spacial score (nSPS) is 29.1. The molecule has 0 aromatic carbocycles. The zero-order valence-corrected chi connectivity index (χ0v) is 12.6. The molecule has 3 heterocycles. The van der Waals surface area contributed by atoms with Crippen molar-refractivity contribution in [2.75, 3.05) is 12.4 Å². The summed E-state index contributed by atoms with van der Waals surface area (Å²) in [7, 11) is 2.21. The van der Waals surface area contributed by atoms with E-state index in [0.29, 0.717) is 17.9 Å². The maximum absolute atomic E-state index is 11.2. The average Bonchev–Trinajstić information content (AvgIpc) is 2.41. The number of nitrogens with zero attached hydrogens (tertiary/aromatic N) is 3. The van der Waals surface area contributed by atoms with Gasteiger partial charge in [-0.2, -0.15) is 0 Å². The topological polar surface area (TPSA) is 71.3 Å². The van der Waals surface area contributed by atoms with Crippen LogP contribution in [0.5, 0.6) is 0 Å². The Morgan fingerprint density at radius 2 is 2.05 bits per heavy atom. The van der Waals surface area contributed by atoms with Crippen molar-refractivity contribution in [2.45, 2.75) is 57.2 Å². The molecule has 21 heavy (non-hydrogen) atoms. The highest BCUT2D eigenvalue weighted by atomic mass is 16.6. The van der Waals surface area contributed by atoms with Crippen molar-refractivity contribution in [1.29, 1.82) is 0 Å². The Labute approximate surface area is 124 Å². The third-order valence-corrected chi connectivity index (χ3v) is 4.88. The molecule has 1 aromatic rings. The Bertz CT molecular complexity index is 534. The molecule has 1 N–H and O–H groups in total. The molecule has 2 saturated heterocycles. The predicted molar refractivity (Wildman–Crippen MR) is 81.5 cm³/mol. The van der Waals surface area contributed by atoms with Crippen LogP contribution < -0.4 is 5.32 Å². The quantitative estimate of drug-likeness (QED) is 0.684. The van der Waals surface area contributed by atoms with Crippen molar-refractivity contribution in [3.8, 4) is 0 Å². The first-order valence-electron chi connectivity index (χ1n) is 7.64. The fourth-order valence-corrected chi connectivity index (χ4v) is 3.73. The van der Waals surface area contributed by atoms with E-state index in [9.17, 15) is 10.1 Å². The van der Waals surface area contributed by atoms with E-state index in [4.69, 9.17) is 0 Å². The van der Waals surface area contributed by atoms with E-state index in [2.05, 4.69) is 22.2 Å². The van der Waals surface area contributed by atoms with Gasteiger partial charge in [0.15, 0.2) is 0 Å². The molecule has 6 heteroatoms. The van der Waals surface area contributed by atoms with Crippen LogP contribution in [0.25, 0.3) is 0 Å². The van der Waals surface area contributed by atoms with Crippen LogP contribution in [0.15, 0.2) is 12.3 Å². The van der Waals surface area contributed by atoms with Gasteiger partial charge in [-0.3, -0.25) is 10.1 Å². The third-order valence-electron chi connectivity index (χ3n) is 4.88. The molecule has 2 aliphatic heterocycles. The second-order valence-corrected chi connectivity index (χ2v) is 6.35. The Kier molecular flexibility index (Phi) is 3.80. The van der Waals surface area contributed by atoms with Crippen molar-refractivity contribution in [2.24, 2.45) is 0 Å². The van der Waals surface area contributed by atoms with E-state index in [1.54, 1.807) is 12.3 Å². The molecule has 0 spiro atoms. The molecule has 0 aliphatic carbocycles. The van der Waals surface area contributed by atoms with E-state index in [-0.39, 0.29) is 16.7 Å². The van der Waals surface area contributed by atoms with Crippen LogP contribution in [-0.4, -0.2) is 40.0 Å². The number of nitrogens with one attached hydrogen (secondary N) is 1. The SMILES string of the molecule is Cc1cnc(NC2CC3CCCC(C2)N3C)c([N+](=O)[O-])c1. The summed E-state index contributed by atoms with van der Waals surface area (Å²) in [5, 5.41) is 14.5. The van der Waals surface area contributed by atoms with Crippen LogP contribution in [0.4, 0.5) is 11.5 Å². The molecule has 3 rings (SSSR count). The van der Waals surface area contributed by atoms with Gasteiger partial charge >= 0.3 is 5.69 Å². The molecule has 2 fully saturated rings. The molecule has 0 amide bonds. The van der Waals surface area contributed by atoms with Crippen molar-refractivity contribution in [3.63, 3.8) is 0 Å². The number of aromatic nitrogens is 1. The maximum Gasteiger partial charge on any atom is 0.311 e. The van der Waals surface area contributed by atoms with Crippen LogP contribution >= 0.6 is 0 Å². The zero-order valence-electron chi connectivity index (χ0n) is 12.6. The Hall–Kier alpha value is -1.69. The van der Waals surface area contributed by atoms with Crippen LogP contribution in [0, 0.1) is 17.0 Å². The minimum atomic E-state index is -0.349. The van der Waals surface area contributed by atoms with E-state index in [1.807, 2.05) is 6.92 Å². The lowest BCUT2D eigenvalue weighted by molar-refractivity contribution is -0.384. The van der Waals surface area contributed by atoms with Crippen LogP contribution in [-0.2, 0) is 0 Å². The molecular weight excluding hydrogens is 268 g/mol. The van der Waals surface area contributed by atoms with E-state index >= 15 is 0 Å². The van der Waals surface area contributed by atoms with Gasteiger partial charge in [0.05, 0.1) is 4.92 Å². The fourth-order valence-electron chi connectivity index (χ4n) is 3.73. The lowest BCUT2D eigenvalue weighted by Crippen LogP contribution is -2.52. The summed E-state index contributed by atoms with van der Waals surface area (Å²) in [6.45, 7) is 1.82. The highest BCUT2D eigenvalue weighted by Gasteiger charge is 2.36. The Morgan fingerprint density at radius 1 is 1.38 bits per heavy atom. The standard InChI is InChI=1S/C15H22N4O2/c1-10-6-14(19(20)21)15(16-9-10)17-11-7-12-4-3-5-13(8-11)18(12)2/h6,9,11-13H,3-5,7-8H2,1-2H3,(H,16,17). The first-order valence-corrected chi connectivity index (χ1v) is 7.64. The van der Waals surface area contributed by atoms with Gasteiger partial charge in [-0.15, -0.1) is 0 Å². The van der Waals surface area contributed by atoms with Crippen molar-refractivity contribution >= 4 is 11.5 Å². The van der Waals surface area contributed by atoms with Crippen LogP contribution in [0.2, 0.25) is 0 Å². The molecular formula is C15H22N4O2. The fraction of sp³-hybridized carbons (Fsp3) is 0.667. The number of hydrogen-bond acceptors (Lipinski definition) is 5. The summed E-state index contributed by atoms with van der Waals surface area (Å²) in [5.41, 5.74) is 0.895. The summed E-state index contributed by atoms with van der Waals surface area (Å²) in [5.74, 6) is 0.415. The number of nitro groups is 1. The van der Waals surface area contributed by atoms with Crippen molar-refractivity contribution < 1.29 is 4.92 Å². The van der Waals surface area contributed by atoms with Gasteiger partial charge in [0.25, 0.3) is 0 Å². The molecule has 2 unspecified atom stereocenters. The van der Waals surface area contributed by atoms with Crippen LogP contribution in [0.1, 0.15) is 37.7 Å². The highest BCUT2D eigenvalue weighted by molar-refractivity contribution is 5.57. The number of anilines is 1. The second kappa shape index (κ2) is 5.60. The monoisotopic (exact) mass is 290 g/mol. The lowest BCUT2D eigenvalue weighted by Gasteiger charge is -2.47. The molecule has 6 nitrogen and oxygen atoms in total. The van der Waals surface area contributed by atoms with Gasteiger partial charge in [0.2, 0.25) is 5.82 Å². The number of pyridine rings is 1. The number of hydrogen-bond donors (Lipinski definition) is 1. The Morgan fingerprint density at radius 3 is 2.67 bits per heavy atom. The Balaban J connectivity index is 1.77. The summed E-state index contributed by atoms with van der Waals surface area (Å²) in [4.78, 5) is 17.6. The maximum atomic E-state index is 11.2. The van der Waals surface area contributed by atoms with Gasteiger partial charge in [0.1, 0.15) is 0 Å². The largest absolute Gasteiger partial charge is 0.361 e. The molecule has 1 aromatic heterocycles. The summed E-state index contributed by atoms with van der Waals surface area (Å²) in [6.07, 6.45) is 7.53. The first-order chi connectivity index (χ1) is 10.0. The van der Waals surface area contributed by atoms with E-state index in [1.165, 1.54) is 19.3 Å². The third kappa shape index (κ3) is 2.85. The van der Waals surface area contributed by atoms with Gasteiger partial charge < -0.3 is 10.2 Å². The van der Waals surface area contributed by atoms with Crippen molar-refractivity contribution in [1.82, 2.24) is 9.88 Å². The minimum Gasteiger partial charge on any atom is -0.361 e. The van der Waals surface area contributed by atoms with Crippen molar-refractivity contribution in [3.05, 3.63) is 27.9 Å². The van der Waals surface area contributed by atoms with Gasteiger partial charge in [-0.05, 0) is 45.2 Å². The molecule has 2 atom stereocenters. The molecule has 0 radical (unpaired) electrons. The summed E-state index contributed by atoms with van der Waals surface area (Å²) in [6, 6.07) is 3.06. The molecule has 2 aliphatic rings. The van der Waals surface area contributed by atoms with Gasteiger partial charge in [0, 0.05) is 30.4 Å². The number of aryl methyl sites for hydroxylation is 1. The smallest absolute Gasteiger partial charge is 0.311 e. The summed E-state index contributed by atoms with van der Waals surface area (Å²) < 4.78 is 0. The number of fused-ring (bicyclic) bond motifs is 2. The predicted octanol–water partition coefficient (Wildman–Crippen LogP) is 2.73. The molecule has 2 bridgehead atoms.